The third-order valence-electron chi connectivity index (χ3n) is 2.07. The fraction of sp³-hybridized carbons (Fsp3) is 0.200. The molecule has 0 aliphatic rings. The van der Waals surface area contributed by atoms with E-state index in [1.54, 1.807) is 17.7 Å². The highest BCUT2D eigenvalue weighted by Crippen LogP contribution is 2.23. The Hall–Kier alpha value is -1.16. The normalized spacial score (nSPS) is 10.8. The van der Waals surface area contributed by atoms with Gasteiger partial charge < -0.3 is 0 Å². The topological polar surface area (TPSA) is 34.9 Å². The zero-order valence-electron chi connectivity index (χ0n) is 7.91. The number of ketones is 1. The minimum atomic E-state index is 0.0370. The minimum Gasteiger partial charge on any atom is -0.294 e. The number of halogens is 1. The van der Waals surface area contributed by atoms with Crippen molar-refractivity contribution in [2.45, 2.75) is 6.92 Å². The highest BCUT2D eigenvalue weighted by atomic mass is 79.9. The molecule has 0 saturated carbocycles. The van der Waals surface area contributed by atoms with E-state index >= 15 is 0 Å². The van der Waals surface area contributed by atoms with E-state index in [9.17, 15) is 4.79 Å². The Balaban J connectivity index is 2.85. The van der Waals surface area contributed by atoms with Crippen LogP contribution in [0.3, 0.4) is 0 Å². The maximum Gasteiger partial charge on any atom is 0.162 e. The molecule has 0 aliphatic heterocycles. The summed E-state index contributed by atoms with van der Waals surface area (Å²) in [7, 11) is 1.85. The van der Waals surface area contributed by atoms with E-state index in [1.807, 2.05) is 19.3 Å². The van der Waals surface area contributed by atoms with Crippen LogP contribution in [-0.4, -0.2) is 15.6 Å². The van der Waals surface area contributed by atoms with Crippen molar-refractivity contribution in [2.24, 2.45) is 7.05 Å². The van der Waals surface area contributed by atoms with Crippen LogP contribution in [0.1, 0.15) is 17.3 Å². The molecular formula is C10H9BrN2O. The lowest BCUT2D eigenvalue weighted by Gasteiger charge is -1.97. The van der Waals surface area contributed by atoms with Crippen molar-refractivity contribution in [2.75, 3.05) is 0 Å². The SMILES string of the molecule is CC(=O)c1cc(Br)cc2cn(C)nc12. The monoisotopic (exact) mass is 252 g/mol. The lowest BCUT2D eigenvalue weighted by Crippen LogP contribution is -1.94. The third kappa shape index (κ3) is 1.46. The molecule has 0 N–H and O–H groups in total. The quantitative estimate of drug-likeness (QED) is 0.732. The van der Waals surface area contributed by atoms with Gasteiger partial charge in [0.15, 0.2) is 5.78 Å². The molecule has 0 spiro atoms. The molecule has 0 saturated heterocycles. The summed E-state index contributed by atoms with van der Waals surface area (Å²) in [5, 5.41) is 5.23. The lowest BCUT2D eigenvalue weighted by molar-refractivity contribution is 0.101. The predicted octanol–water partition coefficient (Wildman–Crippen LogP) is 2.54. The molecule has 1 aromatic heterocycles. The van der Waals surface area contributed by atoms with Crippen molar-refractivity contribution in [3.05, 3.63) is 28.4 Å². The number of rotatable bonds is 1. The number of benzene rings is 1. The lowest BCUT2D eigenvalue weighted by atomic mass is 10.1. The highest BCUT2D eigenvalue weighted by Gasteiger charge is 2.10. The number of fused-ring (bicyclic) bond motifs is 1. The van der Waals surface area contributed by atoms with Crippen LogP contribution < -0.4 is 0 Å². The van der Waals surface area contributed by atoms with Crippen molar-refractivity contribution in [1.29, 1.82) is 0 Å². The smallest absolute Gasteiger partial charge is 0.162 e. The Bertz CT molecular complexity index is 516. The number of hydrogen-bond acceptors (Lipinski definition) is 2. The first-order chi connectivity index (χ1) is 6.58. The first-order valence-corrected chi connectivity index (χ1v) is 5.01. The summed E-state index contributed by atoms with van der Waals surface area (Å²) in [5.74, 6) is 0.0370. The molecule has 72 valence electrons. The average molecular weight is 253 g/mol. The fourth-order valence-corrected chi connectivity index (χ4v) is 1.96. The van der Waals surface area contributed by atoms with Gasteiger partial charge in [-0.15, -0.1) is 0 Å². The van der Waals surface area contributed by atoms with Crippen molar-refractivity contribution in [3.8, 4) is 0 Å². The molecule has 0 unspecified atom stereocenters. The number of carbonyl (C=O) groups is 1. The van der Waals surface area contributed by atoms with Gasteiger partial charge in [0.2, 0.25) is 0 Å². The summed E-state index contributed by atoms with van der Waals surface area (Å²) >= 11 is 3.37. The van der Waals surface area contributed by atoms with Crippen molar-refractivity contribution in [3.63, 3.8) is 0 Å². The first kappa shape index (κ1) is 9.40. The average Bonchev–Trinajstić information content (AvgIpc) is 2.42. The number of Topliss-reactive ketones (excluding diaryl/α,β-unsaturated/α-hetero) is 1. The van der Waals surface area contributed by atoms with E-state index in [0.29, 0.717) is 5.56 Å². The van der Waals surface area contributed by atoms with Crippen LogP contribution in [0.2, 0.25) is 0 Å². The highest BCUT2D eigenvalue weighted by molar-refractivity contribution is 9.10. The second kappa shape index (κ2) is 3.20. The molecule has 0 atom stereocenters. The van der Waals surface area contributed by atoms with Crippen LogP contribution >= 0.6 is 15.9 Å². The Morgan fingerprint density at radius 3 is 2.86 bits per heavy atom. The van der Waals surface area contributed by atoms with Gasteiger partial charge in [-0.1, -0.05) is 15.9 Å². The van der Waals surface area contributed by atoms with Gasteiger partial charge in [0.1, 0.15) is 5.52 Å². The maximum atomic E-state index is 11.4. The van der Waals surface area contributed by atoms with Crippen molar-refractivity contribution >= 4 is 32.6 Å². The Morgan fingerprint density at radius 1 is 1.50 bits per heavy atom. The van der Waals surface area contributed by atoms with Gasteiger partial charge in [0, 0.05) is 28.7 Å². The molecule has 1 heterocycles. The van der Waals surface area contributed by atoms with Crippen molar-refractivity contribution in [1.82, 2.24) is 9.78 Å². The number of nitrogens with zero attached hydrogens (tertiary/aromatic N) is 2. The number of carbonyl (C=O) groups excluding carboxylic acids is 1. The molecule has 2 aromatic rings. The van der Waals surface area contributed by atoms with Gasteiger partial charge >= 0.3 is 0 Å². The summed E-state index contributed by atoms with van der Waals surface area (Å²) in [6.45, 7) is 1.55. The molecule has 2 rings (SSSR count). The van der Waals surface area contributed by atoms with Crippen molar-refractivity contribution < 1.29 is 4.79 Å². The van der Waals surface area contributed by atoms with E-state index in [-0.39, 0.29) is 5.78 Å². The van der Waals surface area contributed by atoms with E-state index in [4.69, 9.17) is 0 Å². The van der Waals surface area contributed by atoms with Crippen LogP contribution in [0.25, 0.3) is 10.9 Å². The molecular weight excluding hydrogens is 244 g/mol. The fourth-order valence-electron chi connectivity index (χ4n) is 1.49. The zero-order chi connectivity index (χ0) is 10.3. The van der Waals surface area contributed by atoms with E-state index in [0.717, 1.165) is 15.4 Å². The molecule has 1 aromatic carbocycles. The third-order valence-corrected chi connectivity index (χ3v) is 2.52. The van der Waals surface area contributed by atoms with Crippen LogP contribution in [0.4, 0.5) is 0 Å². The summed E-state index contributed by atoms with van der Waals surface area (Å²) in [6, 6.07) is 3.76. The molecule has 3 nitrogen and oxygen atoms in total. The molecule has 14 heavy (non-hydrogen) atoms. The van der Waals surface area contributed by atoms with Gasteiger partial charge in [-0.25, -0.2) is 0 Å². The van der Waals surface area contributed by atoms with Crippen LogP contribution in [0.15, 0.2) is 22.8 Å². The van der Waals surface area contributed by atoms with Gasteiger partial charge in [0.05, 0.1) is 0 Å². The second-order valence-corrected chi connectivity index (χ2v) is 4.17. The van der Waals surface area contributed by atoms with Crippen LogP contribution in [0, 0.1) is 0 Å². The predicted molar refractivity (Wildman–Crippen MR) is 58.4 cm³/mol. The van der Waals surface area contributed by atoms with Gasteiger partial charge in [-0.2, -0.15) is 5.10 Å². The van der Waals surface area contributed by atoms with Gasteiger partial charge in [-0.3, -0.25) is 9.48 Å². The second-order valence-electron chi connectivity index (χ2n) is 3.25. The van der Waals surface area contributed by atoms with E-state index in [1.165, 1.54) is 0 Å². The van der Waals surface area contributed by atoms with E-state index < -0.39 is 0 Å². The Morgan fingerprint density at radius 2 is 2.21 bits per heavy atom. The first-order valence-electron chi connectivity index (χ1n) is 4.22. The maximum absolute atomic E-state index is 11.4. The summed E-state index contributed by atoms with van der Waals surface area (Å²) < 4.78 is 2.62. The van der Waals surface area contributed by atoms with Crippen LogP contribution in [0.5, 0.6) is 0 Å². The molecule has 0 bridgehead atoms. The largest absolute Gasteiger partial charge is 0.294 e. The number of hydrogen-bond donors (Lipinski definition) is 0. The standard InChI is InChI=1S/C10H9BrN2O/c1-6(14)9-4-8(11)3-7-5-13(2)12-10(7)9/h3-5H,1-2H3. The number of aromatic nitrogens is 2. The van der Waals surface area contributed by atoms with Gasteiger partial charge in [-0.05, 0) is 19.1 Å². The molecule has 0 aliphatic carbocycles. The molecule has 0 radical (unpaired) electrons. The van der Waals surface area contributed by atoms with Gasteiger partial charge in [0.25, 0.3) is 0 Å². The van der Waals surface area contributed by atoms with E-state index in [2.05, 4.69) is 21.0 Å². The molecule has 0 fully saturated rings. The molecule has 4 heteroatoms. The molecule has 0 amide bonds. The summed E-state index contributed by atoms with van der Waals surface area (Å²) in [5.41, 5.74) is 1.43. The summed E-state index contributed by atoms with van der Waals surface area (Å²) in [6.07, 6.45) is 1.90. The summed E-state index contributed by atoms with van der Waals surface area (Å²) in [4.78, 5) is 11.4. The Labute approximate surface area is 89.8 Å². The Kier molecular flexibility index (Phi) is 2.15. The zero-order valence-corrected chi connectivity index (χ0v) is 9.50. The van der Waals surface area contributed by atoms with Crippen LogP contribution in [-0.2, 0) is 7.05 Å². The minimum absolute atomic E-state index is 0.0370. The number of aryl methyl sites for hydroxylation is 1.